The Morgan fingerprint density at radius 1 is 1.15 bits per heavy atom. The van der Waals surface area contributed by atoms with Gasteiger partial charge in [0.05, 0.1) is 16.8 Å². The highest BCUT2D eigenvalue weighted by atomic mass is 35.5. The van der Waals surface area contributed by atoms with Crippen molar-refractivity contribution in [2.24, 2.45) is 0 Å². The molecule has 0 aliphatic carbocycles. The van der Waals surface area contributed by atoms with Gasteiger partial charge >= 0.3 is 0 Å². The molecular formula is C18H14ClN5OS. The van der Waals surface area contributed by atoms with Crippen molar-refractivity contribution in [2.75, 3.05) is 11.1 Å². The van der Waals surface area contributed by atoms with Crippen molar-refractivity contribution in [1.82, 2.24) is 19.6 Å². The van der Waals surface area contributed by atoms with Gasteiger partial charge in [0.25, 0.3) is 0 Å². The number of thioether (sulfide) groups is 1. The molecule has 2 aromatic heterocycles. The highest BCUT2D eigenvalue weighted by molar-refractivity contribution is 8.00. The number of para-hydroxylation sites is 2. The number of aryl methyl sites for hydroxylation is 1. The van der Waals surface area contributed by atoms with Crippen LogP contribution >= 0.6 is 23.4 Å². The normalized spacial score (nSPS) is 11.2. The van der Waals surface area contributed by atoms with Gasteiger partial charge in [0, 0.05) is 10.7 Å². The van der Waals surface area contributed by atoms with Crippen LogP contribution in [0.2, 0.25) is 5.02 Å². The number of nitrogens with zero attached hydrogens (tertiary/aromatic N) is 4. The third-order valence-electron chi connectivity index (χ3n) is 3.83. The minimum atomic E-state index is -0.123. The number of aromatic nitrogens is 4. The summed E-state index contributed by atoms with van der Waals surface area (Å²) < 4.78 is 1.96. The average Bonchev–Trinajstić information content (AvgIpc) is 3.04. The number of nitrogens with one attached hydrogen (secondary N) is 1. The molecule has 0 radical (unpaired) electrons. The van der Waals surface area contributed by atoms with E-state index < -0.39 is 0 Å². The highest BCUT2D eigenvalue weighted by Gasteiger charge is 2.14. The van der Waals surface area contributed by atoms with Crippen molar-refractivity contribution < 1.29 is 4.79 Å². The number of halogens is 1. The number of carbonyl (C=O) groups is 1. The fourth-order valence-corrected chi connectivity index (χ4v) is 3.55. The summed E-state index contributed by atoms with van der Waals surface area (Å²) >= 11 is 7.19. The van der Waals surface area contributed by atoms with Gasteiger partial charge in [0.2, 0.25) is 5.91 Å². The largest absolute Gasteiger partial charge is 0.325 e. The molecule has 0 fully saturated rings. The number of anilines is 1. The van der Waals surface area contributed by atoms with Crippen LogP contribution in [-0.4, -0.2) is 31.2 Å². The minimum Gasteiger partial charge on any atom is -0.325 e. The van der Waals surface area contributed by atoms with E-state index in [2.05, 4.69) is 20.5 Å². The number of fused-ring (bicyclic) bond motifs is 3. The topological polar surface area (TPSA) is 72.2 Å². The molecule has 4 aromatic rings. The van der Waals surface area contributed by atoms with E-state index in [-0.39, 0.29) is 11.7 Å². The van der Waals surface area contributed by atoms with Crippen LogP contribution in [0.3, 0.4) is 0 Å². The number of rotatable bonds is 4. The molecule has 26 heavy (non-hydrogen) atoms. The van der Waals surface area contributed by atoms with E-state index in [1.165, 1.54) is 11.8 Å². The average molecular weight is 384 g/mol. The van der Waals surface area contributed by atoms with E-state index in [1.54, 1.807) is 24.3 Å². The monoisotopic (exact) mass is 383 g/mol. The molecule has 0 atom stereocenters. The van der Waals surface area contributed by atoms with Gasteiger partial charge in [-0.15, -0.1) is 10.2 Å². The Hall–Kier alpha value is -2.64. The molecule has 8 heteroatoms. The molecule has 0 aliphatic heterocycles. The van der Waals surface area contributed by atoms with E-state index in [1.807, 2.05) is 35.6 Å². The Balaban J connectivity index is 1.58. The molecule has 0 aliphatic rings. The summed E-state index contributed by atoms with van der Waals surface area (Å²) in [6.07, 6.45) is 0. The van der Waals surface area contributed by atoms with Crippen LogP contribution in [0.1, 0.15) is 5.82 Å². The van der Waals surface area contributed by atoms with Gasteiger partial charge in [0.15, 0.2) is 5.65 Å². The lowest BCUT2D eigenvalue weighted by Crippen LogP contribution is -2.14. The zero-order chi connectivity index (χ0) is 18.1. The van der Waals surface area contributed by atoms with Crippen LogP contribution in [0.15, 0.2) is 53.6 Å². The summed E-state index contributed by atoms with van der Waals surface area (Å²) in [5.74, 6) is 0.878. The Morgan fingerprint density at radius 2 is 1.92 bits per heavy atom. The Bertz CT molecular complexity index is 1110. The summed E-state index contributed by atoms with van der Waals surface area (Å²) in [4.78, 5) is 16.9. The second kappa shape index (κ2) is 6.93. The lowest BCUT2D eigenvalue weighted by molar-refractivity contribution is -0.113. The second-order valence-corrected chi connectivity index (χ2v) is 7.06. The first-order chi connectivity index (χ1) is 12.6. The van der Waals surface area contributed by atoms with Crippen LogP contribution in [0, 0.1) is 6.92 Å². The molecule has 0 saturated heterocycles. The summed E-state index contributed by atoms with van der Waals surface area (Å²) in [6, 6.07) is 14.8. The maximum absolute atomic E-state index is 12.2. The molecule has 6 nitrogen and oxygen atoms in total. The molecule has 4 rings (SSSR count). The third kappa shape index (κ3) is 3.23. The van der Waals surface area contributed by atoms with Crippen LogP contribution in [0.4, 0.5) is 5.69 Å². The van der Waals surface area contributed by atoms with Crippen LogP contribution in [0.25, 0.3) is 16.7 Å². The first kappa shape index (κ1) is 16.8. The second-order valence-electron chi connectivity index (χ2n) is 5.66. The fraction of sp³-hybridized carbons (Fsp3) is 0.111. The summed E-state index contributed by atoms with van der Waals surface area (Å²) in [6.45, 7) is 1.90. The third-order valence-corrected chi connectivity index (χ3v) is 5.03. The van der Waals surface area contributed by atoms with Crippen molar-refractivity contribution in [3.05, 3.63) is 59.4 Å². The first-order valence-electron chi connectivity index (χ1n) is 7.90. The van der Waals surface area contributed by atoms with Gasteiger partial charge < -0.3 is 5.32 Å². The van der Waals surface area contributed by atoms with Gasteiger partial charge in [-0.2, -0.15) is 0 Å². The maximum atomic E-state index is 12.2. The predicted molar refractivity (Wildman–Crippen MR) is 104 cm³/mol. The zero-order valence-corrected chi connectivity index (χ0v) is 15.4. The predicted octanol–water partition coefficient (Wildman–Crippen LogP) is 3.97. The molecule has 2 aromatic carbocycles. The molecule has 0 saturated carbocycles. The molecule has 2 heterocycles. The number of benzene rings is 2. The lowest BCUT2D eigenvalue weighted by atomic mass is 10.3. The fourth-order valence-electron chi connectivity index (χ4n) is 2.66. The summed E-state index contributed by atoms with van der Waals surface area (Å²) in [5.41, 5.74) is 3.14. The van der Waals surface area contributed by atoms with E-state index in [0.29, 0.717) is 21.4 Å². The van der Waals surface area contributed by atoms with Gasteiger partial charge in [-0.1, -0.05) is 35.5 Å². The smallest absolute Gasteiger partial charge is 0.234 e. The molecule has 0 spiro atoms. The van der Waals surface area contributed by atoms with E-state index >= 15 is 0 Å². The molecule has 130 valence electrons. The van der Waals surface area contributed by atoms with Crippen molar-refractivity contribution in [3.63, 3.8) is 0 Å². The van der Waals surface area contributed by atoms with Crippen molar-refractivity contribution in [3.8, 4) is 0 Å². The van der Waals surface area contributed by atoms with Gasteiger partial charge in [0.1, 0.15) is 10.9 Å². The highest BCUT2D eigenvalue weighted by Crippen LogP contribution is 2.25. The standard InChI is InChI=1S/C18H14ClN5OS/c1-11-22-23-17-18(21-14-4-2-3-5-15(14)24(11)17)26-10-16(25)20-13-8-6-12(19)7-9-13/h2-9H,10H2,1H3,(H,20,25). The SMILES string of the molecule is Cc1nnc2c(SCC(=O)Nc3ccc(Cl)cc3)nc3ccccc3n12. The lowest BCUT2D eigenvalue weighted by Gasteiger charge is -2.08. The molecule has 1 N–H and O–H groups in total. The maximum Gasteiger partial charge on any atom is 0.234 e. The quantitative estimate of drug-likeness (QED) is 0.540. The molecule has 0 bridgehead atoms. The molecule has 1 amide bonds. The van der Waals surface area contributed by atoms with Crippen LogP contribution in [-0.2, 0) is 4.79 Å². The molecule has 0 unspecified atom stereocenters. The number of hydrogen-bond donors (Lipinski definition) is 1. The number of hydrogen-bond acceptors (Lipinski definition) is 5. The van der Waals surface area contributed by atoms with Crippen molar-refractivity contribution in [2.45, 2.75) is 11.9 Å². The van der Waals surface area contributed by atoms with Crippen molar-refractivity contribution in [1.29, 1.82) is 0 Å². The van der Waals surface area contributed by atoms with E-state index in [9.17, 15) is 4.79 Å². The Kier molecular flexibility index (Phi) is 4.48. The van der Waals surface area contributed by atoms with E-state index in [4.69, 9.17) is 11.6 Å². The summed E-state index contributed by atoms with van der Waals surface area (Å²) in [5, 5.41) is 12.5. The minimum absolute atomic E-state index is 0.123. The zero-order valence-electron chi connectivity index (χ0n) is 13.8. The molecular weight excluding hydrogens is 370 g/mol. The number of carbonyl (C=O) groups excluding carboxylic acids is 1. The Labute approximate surface area is 158 Å². The summed E-state index contributed by atoms with van der Waals surface area (Å²) in [7, 11) is 0. The number of amides is 1. The van der Waals surface area contributed by atoms with Gasteiger partial charge in [-0.3, -0.25) is 9.20 Å². The first-order valence-corrected chi connectivity index (χ1v) is 9.27. The van der Waals surface area contributed by atoms with Gasteiger partial charge in [-0.05, 0) is 43.3 Å². The van der Waals surface area contributed by atoms with E-state index in [0.717, 1.165) is 16.9 Å². The van der Waals surface area contributed by atoms with Gasteiger partial charge in [-0.25, -0.2) is 4.98 Å². The van der Waals surface area contributed by atoms with Crippen molar-refractivity contribution >= 4 is 51.6 Å². The Morgan fingerprint density at radius 3 is 2.73 bits per heavy atom. The van der Waals surface area contributed by atoms with Crippen LogP contribution in [0.5, 0.6) is 0 Å². The van der Waals surface area contributed by atoms with Crippen LogP contribution < -0.4 is 5.32 Å².